The lowest BCUT2D eigenvalue weighted by atomic mass is 10.1. The minimum absolute atomic E-state index is 0. The SMILES string of the molecule is Cl.O=C(NO)/C(F)=C/c1ccccc1NC(=O)c1ccccc1Oc1ccccc1. The molecule has 0 saturated heterocycles. The number of halogens is 2. The number of carbonyl (C=O) groups is 2. The van der Waals surface area contributed by atoms with Crippen LogP contribution in [0.25, 0.3) is 6.08 Å². The van der Waals surface area contributed by atoms with Gasteiger partial charge in [-0.05, 0) is 36.4 Å². The molecule has 0 radical (unpaired) electrons. The highest BCUT2D eigenvalue weighted by Gasteiger charge is 2.15. The molecule has 0 bridgehead atoms. The fourth-order valence-corrected chi connectivity index (χ4v) is 2.54. The second kappa shape index (κ2) is 10.8. The van der Waals surface area contributed by atoms with Gasteiger partial charge in [0.15, 0.2) is 5.83 Å². The average molecular weight is 429 g/mol. The number of hydrogen-bond donors (Lipinski definition) is 3. The van der Waals surface area contributed by atoms with Crippen LogP contribution in [0, 0.1) is 0 Å². The smallest absolute Gasteiger partial charge is 0.303 e. The molecule has 0 aliphatic carbocycles. The predicted molar refractivity (Wildman–Crippen MR) is 114 cm³/mol. The van der Waals surface area contributed by atoms with Gasteiger partial charge in [-0.15, -0.1) is 12.4 Å². The van der Waals surface area contributed by atoms with E-state index in [9.17, 15) is 14.0 Å². The molecular weight excluding hydrogens is 411 g/mol. The summed E-state index contributed by atoms with van der Waals surface area (Å²) in [6, 6.07) is 22.1. The van der Waals surface area contributed by atoms with Gasteiger partial charge in [-0.1, -0.05) is 48.5 Å². The zero-order chi connectivity index (χ0) is 20.6. The molecule has 0 aliphatic rings. The molecule has 154 valence electrons. The Balaban J connectivity index is 0.00000320. The van der Waals surface area contributed by atoms with Crippen molar-refractivity contribution in [1.29, 1.82) is 0 Å². The van der Waals surface area contributed by atoms with Gasteiger partial charge in [0.2, 0.25) is 0 Å². The molecule has 3 rings (SSSR count). The molecule has 0 fully saturated rings. The fraction of sp³-hybridized carbons (Fsp3) is 0. The van der Waals surface area contributed by atoms with E-state index in [-0.39, 0.29) is 29.2 Å². The molecule has 3 aromatic carbocycles. The highest BCUT2D eigenvalue weighted by molar-refractivity contribution is 6.07. The third kappa shape index (κ3) is 5.66. The van der Waals surface area contributed by atoms with Crippen LogP contribution in [0.15, 0.2) is 84.7 Å². The second-order valence-corrected chi connectivity index (χ2v) is 5.89. The van der Waals surface area contributed by atoms with Gasteiger partial charge in [-0.25, -0.2) is 9.87 Å². The standard InChI is InChI=1S/C22H17FN2O4.ClH/c23-18(22(27)25-28)14-15-8-4-6-12-19(15)24-21(26)17-11-5-7-13-20(17)29-16-9-2-1-3-10-16;/h1-14,28H,(H,24,26)(H,25,27);1H/b18-14-;. The monoisotopic (exact) mass is 428 g/mol. The van der Waals surface area contributed by atoms with Crippen LogP contribution < -0.4 is 15.5 Å². The first-order valence-corrected chi connectivity index (χ1v) is 8.62. The van der Waals surface area contributed by atoms with E-state index in [1.807, 2.05) is 18.2 Å². The van der Waals surface area contributed by atoms with Crippen LogP contribution in [0.3, 0.4) is 0 Å². The number of anilines is 1. The van der Waals surface area contributed by atoms with Crippen molar-refractivity contribution >= 4 is 36.0 Å². The van der Waals surface area contributed by atoms with Crippen molar-refractivity contribution in [2.45, 2.75) is 0 Å². The van der Waals surface area contributed by atoms with Crippen molar-refractivity contribution in [3.63, 3.8) is 0 Å². The molecular formula is C22H18ClFN2O4. The topological polar surface area (TPSA) is 87.7 Å². The number of carbonyl (C=O) groups excluding carboxylic acids is 2. The van der Waals surface area contributed by atoms with E-state index < -0.39 is 17.6 Å². The molecule has 2 amide bonds. The van der Waals surface area contributed by atoms with Gasteiger partial charge in [0, 0.05) is 11.3 Å². The predicted octanol–water partition coefficient (Wildman–Crippen LogP) is 4.97. The number of rotatable bonds is 6. The van der Waals surface area contributed by atoms with E-state index in [0.29, 0.717) is 11.5 Å². The summed E-state index contributed by atoms with van der Waals surface area (Å²) >= 11 is 0. The molecule has 0 aliphatic heterocycles. The molecule has 0 atom stereocenters. The number of ether oxygens (including phenoxy) is 1. The molecule has 3 N–H and O–H groups in total. The molecule has 0 unspecified atom stereocenters. The maximum Gasteiger partial charge on any atom is 0.303 e. The third-order valence-electron chi connectivity index (χ3n) is 3.91. The lowest BCUT2D eigenvalue weighted by Crippen LogP contribution is -2.18. The molecule has 0 spiro atoms. The second-order valence-electron chi connectivity index (χ2n) is 5.89. The molecule has 6 nitrogen and oxygen atoms in total. The number of hydrogen-bond acceptors (Lipinski definition) is 4. The number of para-hydroxylation sites is 3. The first-order chi connectivity index (χ1) is 14.1. The summed E-state index contributed by atoms with van der Waals surface area (Å²) in [4.78, 5) is 24.0. The van der Waals surface area contributed by atoms with Gasteiger partial charge in [0.25, 0.3) is 5.91 Å². The largest absolute Gasteiger partial charge is 0.457 e. The molecule has 3 aromatic rings. The van der Waals surface area contributed by atoms with Crippen LogP contribution in [0.2, 0.25) is 0 Å². The van der Waals surface area contributed by atoms with Crippen LogP contribution in [0.5, 0.6) is 11.5 Å². The summed E-state index contributed by atoms with van der Waals surface area (Å²) in [5.41, 5.74) is 2.04. The van der Waals surface area contributed by atoms with Gasteiger partial charge < -0.3 is 10.1 Å². The lowest BCUT2D eigenvalue weighted by molar-refractivity contribution is -0.126. The minimum atomic E-state index is -1.28. The first-order valence-electron chi connectivity index (χ1n) is 8.62. The van der Waals surface area contributed by atoms with Gasteiger partial charge in [0.1, 0.15) is 11.5 Å². The van der Waals surface area contributed by atoms with Gasteiger partial charge >= 0.3 is 5.91 Å². The van der Waals surface area contributed by atoms with Crippen LogP contribution in [0.4, 0.5) is 10.1 Å². The van der Waals surface area contributed by atoms with E-state index in [1.165, 1.54) is 11.5 Å². The summed E-state index contributed by atoms with van der Waals surface area (Å²) in [6.07, 6.45) is 0.910. The zero-order valence-corrected chi connectivity index (χ0v) is 16.4. The number of benzene rings is 3. The van der Waals surface area contributed by atoms with Crippen molar-refractivity contribution in [3.05, 3.63) is 95.8 Å². The fourth-order valence-electron chi connectivity index (χ4n) is 2.54. The Morgan fingerprint density at radius 3 is 2.27 bits per heavy atom. The average Bonchev–Trinajstić information content (AvgIpc) is 2.75. The van der Waals surface area contributed by atoms with Crippen LogP contribution in [0.1, 0.15) is 15.9 Å². The maximum absolute atomic E-state index is 13.8. The molecule has 30 heavy (non-hydrogen) atoms. The van der Waals surface area contributed by atoms with Crippen molar-refractivity contribution in [3.8, 4) is 11.5 Å². The Labute approximate surface area is 178 Å². The zero-order valence-electron chi connectivity index (χ0n) is 15.5. The summed E-state index contributed by atoms with van der Waals surface area (Å²) < 4.78 is 19.6. The number of nitrogens with one attached hydrogen (secondary N) is 2. The van der Waals surface area contributed by atoms with E-state index in [4.69, 9.17) is 9.94 Å². The van der Waals surface area contributed by atoms with Gasteiger partial charge in [-0.3, -0.25) is 14.8 Å². The van der Waals surface area contributed by atoms with E-state index in [0.717, 1.165) is 6.08 Å². The number of hydroxylamine groups is 1. The van der Waals surface area contributed by atoms with E-state index in [2.05, 4.69) is 5.32 Å². The third-order valence-corrected chi connectivity index (χ3v) is 3.91. The Morgan fingerprint density at radius 1 is 0.900 bits per heavy atom. The Kier molecular flexibility index (Phi) is 8.10. The summed E-state index contributed by atoms with van der Waals surface area (Å²) in [7, 11) is 0. The summed E-state index contributed by atoms with van der Waals surface area (Å²) in [5.74, 6) is -2.03. The van der Waals surface area contributed by atoms with Crippen molar-refractivity contribution < 1.29 is 23.9 Å². The molecule has 0 heterocycles. The lowest BCUT2D eigenvalue weighted by Gasteiger charge is -2.13. The van der Waals surface area contributed by atoms with Crippen LogP contribution in [-0.2, 0) is 4.79 Å². The minimum Gasteiger partial charge on any atom is -0.457 e. The van der Waals surface area contributed by atoms with Crippen LogP contribution in [-0.4, -0.2) is 17.0 Å². The number of amides is 2. The van der Waals surface area contributed by atoms with Crippen molar-refractivity contribution in [2.75, 3.05) is 5.32 Å². The quantitative estimate of drug-likeness (QED) is 0.294. The highest BCUT2D eigenvalue weighted by atomic mass is 35.5. The van der Waals surface area contributed by atoms with Gasteiger partial charge in [-0.2, -0.15) is 0 Å². The highest BCUT2D eigenvalue weighted by Crippen LogP contribution is 2.27. The van der Waals surface area contributed by atoms with E-state index in [1.54, 1.807) is 54.6 Å². The summed E-state index contributed by atoms with van der Waals surface area (Å²) in [6.45, 7) is 0. The Bertz CT molecular complexity index is 1060. The maximum atomic E-state index is 13.8. The normalized spacial score (nSPS) is 10.5. The van der Waals surface area contributed by atoms with Gasteiger partial charge in [0.05, 0.1) is 5.56 Å². The summed E-state index contributed by atoms with van der Waals surface area (Å²) in [5, 5.41) is 11.2. The van der Waals surface area contributed by atoms with Crippen molar-refractivity contribution in [1.82, 2.24) is 5.48 Å². The van der Waals surface area contributed by atoms with Crippen molar-refractivity contribution in [2.24, 2.45) is 0 Å². The van der Waals surface area contributed by atoms with Crippen LogP contribution >= 0.6 is 12.4 Å². The Morgan fingerprint density at radius 2 is 1.53 bits per heavy atom. The Hall–Kier alpha value is -3.68. The van der Waals surface area contributed by atoms with E-state index >= 15 is 0 Å². The molecule has 0 aromatic heterocycles. The first kappa shape index (κ1) is 22.6. The molecule has 8 heteroatoms. The molecule has 0 saturated carbocycles.